The summed E-state index contributed by atoms with van der Waals surface area (Å²) in [5, 5.41) is 0. The molecule has 0 aromatic rings. The number of nitrogens with two attached hydrogens (primary N) is 2. The van der Waals surface area contributed by atoms with Crippen LogP contribution in [0.4, 0.5) is 4.79 Å². The van der Waals surface area contributed by atoms with E-state index in [1.54, 1.807) is 10.9 Å². The predicted molar refractivity (Wildman–Crippen MR) is 91.4 cm³/mol. The molecule has 21 heavy (non-hydrogen) atoms. The smallest absolute Gasteiger partial charge is 0.275 e. The first-order chi connectivity index (χ1) is 10.2. The van der Waals surface area contributed by atoms with Crippen LogP contribution >= 0.6 is 0 Å². The number of unbranched alkanes of at least 4 members (excludes halogenated alkanes) is 12. The number of carbonyl (C=O) groups excluding carboxylic acids is 1. The zero-order chi connectivity index (χ0) is 16.2. The SMILES string of the molecule is CCCCCCCCCCCCCCC.NNC(=O)NN. The highest BCUT2D eigenvalue weighted by Gasteiger charge is 1.92. The fraction of sp³-hybridized carbons (Fsp3) is 0.938. The van der Waals surface area contributed by atoms with E-state index in [0.29, 0.717) is 0 Å². The molecule has 0 saturated heterocycles. The maximum Gasteiger partial charge on any atom is 0.343 e. The van der Waals surface area contributed by atoms with E-state index in [2.05, 4.69) is 25.5 Å². The van der Waals surface area contributed by atoms with Crippen molar-refractivity contribution < 1.29 is 4.79 Å². The second kappa shape index (κ2) is 21.5. The Balaban J connectivity index is 0. The molecule has 0 heterocycles. The summed E-state index contributed by atoms with van der Waals surface area (Å²) < 4.78 is 0. The monoisotopic (exact) mass is 302 g/mol. The molecule has 128 valence electrons. The van der Waals surface area contributed by atoms with Crippen molar-refractivity contribution in [3.63, 3.8) is 0 Å². The molecule has 0 radical (unpaired) electrons. The second-order valence-corrected chi connectivity index (χ2v) is 5.51. The average Bonchev–Trinajstić information content (AvgIpc) is 2.52. The van der Waals surface area contributed by atoms with Gasteiger partial charge in [-0.3, -0.25) is 10.9 Å². The molecule has 5 heteroatoms. The van der Waals surface area contributed by atoms with E-state index in [-0.39, 0.29) is 0 Å². The maximum atomic E-state index is 9.71. The number of urea groups is 1. The molecular formula is C16H38N4O. The minimum Gasteiger partial charge on any atom is -0.275 e. The van der Waals surface area contributed by atoms with E-state index in [1.807, 2.05) is 0 Å². The highest BCUT2D eigenvalue weighted by molar-refractivity contribution is 5.72. The number of amides is 2. The van der Waals surface area contributed by atoms with Gasteiger partial charge < -0.3 is 0 Å². The molecule has 6 N–H and O–H groups in total. The van der Waals surface area contributed by atoms with Crippen LogP contribution in [0.3, 0.4) is 0 Å². The van der Waals surface area contributed by atoms with Crippen molar-refractivity contribution in [3.8, 4) is 0 Å². The van der Waals surface area contributed by atoms with Gasteiger partial charge in [0, 0.05) is 0 Å². The molecule has 0 aromatic heterocycles. The van der Waals surface area contributed by atoms with E-state index in [4.69, 9.17) is 0 Å². The van der Waals surface area contributed by atoms with Gasteiger partial charge >= 0.3 is 6.03 Å². The summed E-state index contributed by atoms with van der Waals surface area (Å²) in [6, 6.07) is -0.602. The van der Waals surface area contributed by atoms with Gasteiger partial charge in [-0.25, -0.2) is 16.5 Å². The Morgan fingerprint density at radius 2 is 0.857 bits per heavy atom. The van der Waals surface area contributed by atoms with Crippen LogP contribution in [0.5, 0.6) is 0 Å². The topological polar surface area (TPSA) is 93.2 Å². The lowest BCUT2D eigenvalue weighted by molar-refractivity contribution is 0.241. The van der Waals surface area contributed by atoms with Crippen molar-refractivity contribution in [1.29, 1.82) is 0 Å². The standard InChI is InChI=1S/C15H32.CH6N4O/c1-3-5-7-9-11-13-15-14-12-10-8-6-4-2;2-4-1(6)5-3/h3-15H2,1-2H3;2-3H2,(H2,4,5,6). The van der Waals surface area contributed by atoms with Crippen LogP contribution in [0.15, 0.2) is 0 Å². The normalized spacial score (nSPS) is 9.71. The maximum absolute atomic E-state index is 9.71. The van der Waals surface area contributed by atoms with Crippen LogP contribution in [0.25, 0.3) is 0 Å². The number of rotatable bonds is 12. The Morgan fingerprint density at radius 1 is 0.619 bits per heavy atom. The third kappa shape index (κ3) is 24.6. The van der Waals surface area contributed by atoms with E-state index >= 15 is 0 Å². The number of nitrogens with one attached hydrogen (secondary N) is 2. The largest absolute Gasteiger partial charge is 0.343 e. The van der Waals surface area contributed by atoms with Crippen molar-refractivity contribution in [2.75, 3.05) is 0 Å². The van der Waals surface area contributed by atoms with Gasteiger partial charge in [0.25, 0.3) is 0 Å². The van der Waals surface area contributed by atoms with Gasteiger partial charge in [-0.05, 0) is 0 Å². The first-order valence-electron chi connectivity index (χ1n) is 8.70. The first kappa shape index (κ1) is 22.5. The van der Waals surface area contributed by atoms with Crippen molar-refractivity contribution in [2.45, 2.75) is 97.3 Å². The van der Waals surface area contributed by atoms with Gasteiger partial charge in [-0.1, -0.05) is 97.3 Å². The van der Waals surface area contributed by atoms with Crippen molar-refractivity contribution in [2.24, 2.45) is 11.7 Å². The molecule has 0 atom stereocenters. The van der Waals surface area contributed by atoms with Gasteiger partial charge in [0.05, 0.1) is 0 Å². The Morgan fingerprint density at radius 3 is 1.00 bits per heavy atom. The molecule has 0 unspecified atom stereocenters. The van der Waals surface area contributed by atoms with Gasteiger partial charge in [0.15, 0.2) is 0 Å². The number of carbonyl (C=O) groups is 1. The molecule has 0 aliphatic carbocycles. The quantitative estimate of drug-likeness (QED) is 0.189. The van der Waals surface area contributed by atoms with Crippen LogP contribution in [0.2, 0.25) is 0 Å². The van der Waals surface area contributed by atoms with Crippen LogP contribution in [0, 0.1) is 0 Å². The van der Waals surface area contributed by atoms with E-state index < -0.39 is 6.03 Å². The number of hydrogen-bond donors (Lipinski definition) is 4. The Hall–Kier alpha value is -0.810. The van der Waals surface area contributed by atoms with E-state index in [0.717, 1.165) is 0 Å². The first-order valence-corrected chi connectivity index (χ1v) is 8.70. The minimum atomic E-state index is -0.602. The predicted octanol–water partition coefficient (Wildman–Crippen LogP) is 4.13. The summed E-state index contributed by atoms with van der Waals surface area (Å²) in [5.74, 6) is 9.08. The Bertz CT molecular complexity index is 183. The van der Waals surface area contributed by atoms with Gasteiger partial charge in [-0.15, -0.1) is 0 Å². The second-order valence-electron chi connectivity index (χ2n) is 5.51. The summed E-state index contributed by atoms with van der Waals surface area (Å²) in [5.41, 5.74) is 3.48. The molecule has 0 bridgehead atoms. The summed E-state index contributed by atoms with van der Waals surface area (Å²) in [7, 11) is 0. The highest BCUT2D eigenvalue weighted by Crippen LogP contribution is 2.12. The molecule has 2 amide bonds. The van der Waals surface area contributed by atoms with Gasteiger partial charge in [0.1, 0.15) is 0 Å². The molecule has 0 fully saturated rings. The van der Waals surface area contributed by atoms with Crippen LogP contribution in [-0.2, 0) is 0 Å². The summed E-state index contributed by atoms with van der Waals surface area (Å²) in [6.45, 7) is 4.58. The molecule has 0 aliphatic rings. The Labute approximate surface area is 131 Å². The molecule has 0 aromatic carbocycles. The highest BCUT2D eigenvalue weighted by atomic mass is 16.2. The third-order valence-corrected chi connectivity index (χ3v) is 3.47. The molecular weight excluding hydrogens is 264 g/mol. The molecule has 0 rings (SSSR count). The van der Waals surface area contributed by atoms with Crippen LogP contribution in [0.1, 0.15) is 97.3 Å². The summed E-state index contributed by atoms with van der Waals surface area (Å²) in [6.07, 6.45) is 18.9. The van der Waals surface area contributed by atoms with Crippen molar-refractivity contribution in [1.82, 2.24) is 10.9 Å². The van der Waals surface area contributed by atoms with E-state index in [9.17, 15) is 4.79 Å². The van der Waals surface area contributed by atoms with E-state index in [1.165, 1.54) is 83.5 Å². The van der Waals surface area contributed by atoms with Crippen molar-refractivity contribution in [3.05, 3.63) is 0 Å². The number of hydrogen-bond acceptors (Lipinski definition) is 3. The molecule has 0 spiro atoms. The lowest BCUT2D eigenvalue weighted by Gasteiger charge is -2.01. The zero-order valence-corrected chi connectivity index (χ0v) is 14.3. The fourth-order valence-electron chi connectivity index (χ4n) is 2.13. The van der Waals surface area contributed by atoms with Crippen LogP contribution < -0.4 is 22.5 Å². The van der Waals surface area contributed by atoms with Crippen LogP contribution in [-0.4, -0.2) is 6.03 Å². The van der Waals surface area contributed by atoms with Gasteiger partial charge in [0.2, 0.25) is 0 Å². The van der Waals surface area contributed by atoms with Gasteiger partial charge in [-0.2, -0.15) is 0 Å². The Kier molecular flexibility index (Phi) is 23.0. The minimum absolute atomic E-state index is 0.602. The summed E-state index contributed by atoms with van der Waals surface area (Å²) in [4.78, 5) is 9.71. The van der Waals surface area contributed by atoms with Crippen molar-refractivity contribution >= 4 is 6.03 Å². The number of hydrazine groups is 2. The molecule has 0 saturated carbocycles. The fourth-order valence-corrected chi connectivity index (χ4v) is 2.13. The summed E-state index contributed by atoms with van der Waals surface area (Å²) >= 11 is 0. The third-order valence-electron chi connectivity index (χ3n) is 3.47. The molecule has 0 aliphatic heterocycles. The molecule has 5 nitrogen and oxygen atoms in total. The lowest BCUT2D eigenvalue weighted by Crippen LogP contribution is -2.43. The zero-order valence-electron chi connectivity index (χ0n) is 14.3. The average molecular weight is 303 g/mol. The lowest BCUT2D eigenvalue weighted by atomic mass is 10.1.